The number of rotatable bonds is 3. The Morgan fingerprint density at radius 3 is 2.74 bits per heavy atom. The summed E-state index contributed by atoms with van der Waals surface area (Å²) >= 11 is 0. The number of hydrogen-bond acceptors (Lipinski definition) is 4. The number of non-ortho nitro benzene ring substituents is 1. The highest BCUT2D eigenvalue weighted by atomic mass is 19.1. The Morgan fingerprint density at radius 2 is 1.96 bits per heavy atom. The first-order chi connectivity index (χ1) is 13.1. The number of halogens is 1. The molecule has 0 aliphatic carbocycles. The molecule has 1 aliphatic heterocycles. The summed E-state index contributed by atoms with van der Waals surface area (Å²) in [6.45, 7) is 0.399. The summed E-state index contributed by atoms with van der Waals surface area (Å²) in [7, 11) is 0. The summed E-state index contributed by atoms with van der Waals surface area (Å²) in [6, 6.07) is 12.1. The van der Waals surface area contributed by atoms with Crippen LogP contribution in [0.3, 0.4) is 0 Å². The molecule has 134 valence electrons. The quantitative estimate of drug-likeness (QED) is 0.521. The number of carbonyl (C=O) groups excluding carboxylic acids is 1. The molecular formula is C20H14FN3O3. The molecule has 2 aromatic carbocycles. The topological polar surface area (TPSA) is 76.3 Å². The van der Waals surface area contributed by atoms with Gasteiger partial charge in [0.2, 0.25) is 0 Å². The lowest BCUT2D eigenvalue weighted by Crippen LogP contribution is -2.29. The second-order valence-electron chi connectivity index (χ2n) is 6.18. The average molecular weight is 363 g/mol. The largest absolute Gasteiger partial charge is 0.306 e. The van der Waals surface area contributed by atoms with E-state index < -0.39 is 16.6 Å². The molecule has 0 fully saturated rings. The summed E-state index contributed by atoms with van der Waals surface area (Å²) in [5.74, 6) is -0.997. The van der Waals surface area contributed by atoms with E-state index >= 15 is 0 Å². The molecule has 0 N–H and O–H groups in total. The number of amides is 1. The molecule has 1 amide bonds. The Balaban J connectivity index is 1.75. The van der Waals surface area contributed by atoms with Crippen LogP contribution < -0.4 is 4.90 Å². The van der Waals surface area contributed by atoms with Gasteiger partial charge in [-0.2, -0.15) is 0 Å². The second kappa shape index (κ2) is 6.60. The Bertz CT molecular complexity index is 1070. The highest BCUT2D eigenvalue weighted by molar-refractivity contribution is 6.07. The van der Waals surface area contributed by atoms with Gasteiger partial charge in [-0.1, -0.05) is 24.3 Å². The molecule has 0 saturated carbocycles. The molecule has 0 saturated heterocycles. The van der Waals surface area contributed by atoms with Gasteiger partial charge in [0.25, 0.3) is 11.6 Å². The van der Waals surface area contributed by atoms with Crippen molar-refractivity contribution in [2.24, 2.45) is 0 Å². The fourth-order valence-electron chi connectivity index (χ4n) is 3.34. The van der Waals surface area contributed by atoms with Crippen LogP contribution in [0.15, 0.2) is 60.9 Å². The van der Waals surface area contributed by atoms with Crippen molar-refractivity contribution in [1.29, 1.82) is 0 Å². The molecule has 0 bridgehead atoms. The zero-order valence-electron chi connectivity index (χ0n) is 14.1. The highest BCUT2D eigenvalue weighted by Crippen LogP contribution is 2.37. The van der Waals surface area contributed by atoms with E-state index in [1.165, 1.54) is 35.2 Å². The first-order valence-corrected chi connectivity index (χ1v) is 8.34. The van der Waals surface area contributed by atoms with Crippen molar-refractivity contribution in [3.8, 4) is 11.1 Å². The summed E-state index contributed by atoms with van der Waals surface area (Å²) in [5, 5.41) is 11.0. The molecule has 2 heterocycles. The van der Waals surface area contributed by atoms with Gasteiger partial charge in [-0.15, -0.1) is 0 Å². The number of nitro benzene ring substituents is 1. The Kier molecular flexibility index (Phi) is 4.12. The minimum atomic E-state index is -0.571. The predicted octanol–water partition coefficient (Wildman–Crippen LogP) is 4.00. The monoisotopic (exact) mass is 363 g/mol. The Labute approximate surface area is 154 Å². The summed E-state index contributed by atoms with van der Waals surface area (Å²) in [6.07, 6.45) is 3.77. The molecule has 6 nitrogen and oxygen atoms in total. The molecule has 0 unspecified atom stereocenters. The van der Waals surface area contributed by atoms with E-state index in [-0.39, 0.29) is 11.3 Å². The van der Waals surface area contributed by atoms with Crippen LogP contribution >= 0.6 is 0 Å². The molecular weight excluding hydrogens is 349 g/mol. The number of nitro groups is 1. The third-order valence-electron chi connectivity index (χ3n) is 4.63. The zero-order chi connectivity index (χ0) is 19.0. The number of pyridine rings is 1. The number of nitrogens with zero attached hydrogens (tertiary/aromatic N) is 3. The summed E-state index contributed by atoms with van der Waals surface area (Å²) in [4.78, 5) is 29.1. The molecule has 3 aromatic rings. The van der Waals surface area contributed by atoms with Gasteiger partial charge < -0.3 is 4.90 Å². The fourth-order valence-corrected chi connectivity index (χ4v) is 3.34. The van der Waals surface area contributed by atoms with Crippen molar-refractivity contribution in [2.75, 3.05) is 11.4 Å². The summed E-state index contributed by atoms with van der Waals surface area (Å²) in [5.41, 5.74) is 2.87. The normalized spacial score (nSPS) is 12.7. The molecule has 1 aliphatic rings. The van der Waals surface area contributed by atoms with Crippen molar-refractivity contribution < 1.29 is 14.1 Å². The SMILES string of the molecule is O=C(c1ccccc1F)N1CCc2c(-c3cccc([N+](=O)[O-])c3)cncc21. The maximum absolute atomic E-state index is 14.0. The molecule has 4 rings (SSSR count). The van der Waals surface area contributed by atoms with E-state index in [2.05, 4.69) is 4.98 Å². The van der Waals surface area contributed by atoms with Gasteiger partial charge in [-0.05, 0) is 29.7 Å². The van der Waals surface area contributed by atoms with E-state index in [1.807, 2.05) is 0 Å². The zero-order valence-corrected chi connectivity index (χ0v) is 14.1. The van der Waals surface area contributed by atoms with Gasteiger partial charge in [-0.25, -0.2) is 4.39 Å². The Morgan fingerprint density at radius 1 is 1.15 bits per heavy atom. The van der Waals surface area contributed by atoms with Crippen LogP contribution in [0.2, 0.25) is 0 Å². The third kappa shape index (κ3) is 2.93. The molecule has 0 radical (unpaired) electrons. The number of anilines is 1. The minimum Gasteiger partial charge on any atom is -0.306 e. The van der Waals surface area contributed by atoms with Crippen LogP contribution in [-0.4, -0.2) is 22.4 Å². The second-order valence-corrected chi connectivity index (χ2v) is 6.18. The number of aromatic nitrogens is 1. The molecule has 1 aromatic heterocycles. The van der Waals surface area contributed by atoms with Gasteiger partial charge in [0.05, 0.1) is 22.4 Å². The van der Waals surface area contributed by atoms with Crippen LogP contribution in [0.1, 0.15) is 15.9 Å². The van der Waals surface area contributed by atoms with E-state index in [9.17, 15) is 19.3 Å². The van der Waals surface area contributed by atoms with Crippen LogP contribution in [-0.2, 0) is 6.42 Å². The highest BCUT2D eigenvalue weighted by Gasteiger charge is 2.29. The van der Waals surface area contributed by atoms with Gasteiger partial charge in [0.15, 0.2) is 0 Å². The molecule has 7 heteroatoms. The number of hydrogen-bond donors (Lipinski definition) is 0. The predicted molar refractivity (Wildman–Crippen MR) is 98.1 cm³/mol. The van der Waals surface area contributed by atoms with Crippen LogP contribution in [0.4, 0.5) is 15.8 Å². The van der Waals surface area contributed by atoms with Gasteiger partial charge >= 0.3 is 0 Å². The van der Waals surface area contributed by atoms with Crippen molar-refractivity contribution >= 4 is 17.3 Å². The minimum absolute atomic E-state index is 0.00565. The Hall–Kier alpha value is -3.61. The standard InChI is InChI=1S/C20H14FN3O3/c21-18-7-2-1-6-16(18)20(25)23-9-8-15-17(11-22-12-19(15)23)13-4-3-5-14(10-13)24(26)27/h1-7,10-12H,8-9H2. The van der Waals surface area contributed by atoms with Crippen LogP contribution in [0, 0.1) is 15.9 Å². The van der Waals surface area contributed by atoms with Crippen molar-refractivity contribution in [3.05, 3.63) is 88.0 Å². The van der Waals surface area contributed by atoms with E-state index in [4.69, 9.17) is 0 Å². The molecule has 0 atom stereocenters. The maximum atomic E-state index is 14.0. The van der Waals surface area contributed by atoms with Crippen molar-refractivity contribution in [1.82, 2.24) is 4.98 Å². The first kappa shape index (κ1) is 16.8. The number of carbonyl (C=O) groups is 1. The number of benzene rings is 2. The molecule has 0 spiro atoms. The van der Waals surface area contributed by atoms with Gasteiger partial charge in [0, 0.05) is 30.4 Å². The lowest BCUT2D eigenvalue weighted by molar-refractivity contribution is -0.384. The van der Waals surface area contributed by atoms with Crippen LogP contribution in [0.5, 0.6) is 0 Å². The lowest BCUT2D eigenvalue weighted by atomic mass is 10.00. The van der Waals surface area contributed by atoms with Gasteiger partial charge in [-0.3, -0.25) is 19.9 Å². The third-order valence-corrected chi connectivity index (χ3v) is 4.63. The molecule has 27 heavy (non-hydrogen) atoms. The van der Waals surface area contributed by atoms with Crippen molar-refractivity contribution in [2.45, 2.75) is 6.42 Å². The first-order valence-electron chi connectivity index (χ1n) is 8.34. The smallest absolute Gasteiger partial charge is 0.270 e. The van der Waals surface area contributed by atoms with E-state index in [0.29, 0.717) is 24.2 Å². The van der Waals surface area contributed by atoms with E-state index in [0.717, 1.165) is 11.1 Å². The fraction of sp³-hybridized carbons (Fsp3) is 0.100. The van der Waals surface area contributed by atoms with Crippen LogP contribution in [0.25, 0.3) is 11.1 Å². The summed E-state index contributed by atoms with van der Waals surface area (Å²) < 4.78 is 14.0. The maximum Gasteiger partial charge on any atom is 0.270 e. The average Bonchev–Trinajstić information content (AvgIpc) is 3.12. The van der Waals surface area contributed by atoms with Crippen molar-refractivity contribution in [3.63, 3.8) is 0 Å². The van der Waals surface area contributed by atoms with Gasteiger partial charge in [0.1, 0.15) is 5.82 Å². The number of fused-ring (bicyclic) bond motifs is 1. The van der Waals surface area contributed by atoms with E-state index in [1.54, 1.807) is 30.6 Å². The lowest BCUT2D eigenvalue weighted by Gasteiger charge is -2.18.